The summed E-state index contributed by atoms with van der Waals surface area (Å²) in [6.45, 7) is 1.80. The molecule has 0 unspecified atom stereocenters. The van der Waals surface area contributed by atoms with Crippen LogP contribution in [-0.4, -0.2) is 52.1 Å². The Hall–Kier alpha value is -4.73. The van der Waals surface area contributed by atoms with Gasteiger partial charge in [-0.2, -0.15) is 5.10 Å². The Kier molecular flexibility index (Phi) is 10.2. The van der Waals surface area contributed by atoms with Gasteiger partial charge in [-0.3, -0.25) is 9.59 Å². The number of rotatable bonds is 13. The standard InChI is InChI=1S/C27H29N3O7/c1-4-35-25-15-19(16-28-30-27(32)18-36-21-12-10-20(33-2)11-13-21)9-14-24(25)37-17-26(31)29-22-7-5-6-8-23(22)34-3/h5-16H,4,17-18H2,1-3H3,(H,29,31)(H,30,32)/b28-16+. The van der Waals surface area contributed by atoms with Gasteiger partial charge in [-0.25, -0.2) is 5.43 Å². The number of nitrogens with one attached hydrogen (secondary N) is 2. The highest BCUT2D eigenvalue weighted by molar-refractivity contribution is 5.93. The lowest BCUT2D eigenvalue weighted by Gasteiger charge is -2.13. The Morgan fingerprint density at radius 3 is 2.24 bits per heavy atom. The Bertz CT molecular complexity index is 1210. The van der Waals surface area contributed by atoms with Crippen LogP contribution in [0, 0.1) is 0 Å². The maximum atomic E-state index is 12.4. The number of benzene rings is 3. The van der Waals surface area contributed by atoms with Crippen LogP contribution in [0.5, 0.6) is 28.7 Å². The van der Waals surface area contributed by atoms with Crippen molar-refractivity contribution >= 4 is 23.7 Å². The van der Waals surface area contributed by atoms with E-state index in [1.807, 2.05) is 13.0 Å². The fourth-order valence-corrected chi connectivity index (χ4v) is 3.10. The number of anilines is 1. The molecule has 2 N–H and O–H groups in total. The average molecular weight is 508 g/mol. The number of hydrazone groups is 1. The number of methoxy groups -OCH3 is 2. The predicted molar refractivity (Wildman–Crippen MR) is 139 cm³/mol. The van der Waals surface area contributed by atoms with Crippen LogP contribution in [0.15, 0.2) is 71.8 Å². The molecule has 3 aromatic rings. The first kappa shape index (κ1) is 26.9. The first-order chi connectivity index (χ1) is 18.0. The van der Waals surface area contributed by atoms with Crippen molar-refractivity contribution in [1.82, 2.24) is 5.43 Å². The van der Waals surface area contributed by atoms with Gasteiger partial charge in [-0.1, -0.05) is 12.1 Å². The van der Waals surface area contributed by atoms with E-state index in [0.29, 0.717) is 46.6 Å². The number of hydrogen-bond donors (Lipinski definition) is 2. The highest BCUT2D eigenvalue weighted by Crippen LogP contribution is 2.28. The third-order valence-corrected chi connectivity index (χ3v) is 4.84. The molecule has 0 fully saturated rings. The minimum Gasteiger partial charge on any atom is -0.497 e. The van der Waals surface area contributed by atoms with E-state index in [-0.39, 0.29) is 19.1 Å². The van der Waals surface area contributed by atoms with Crippen molar-refractivity contribution in [3.8, 4) is 28.7 Å². The van der Waals surface area contributed by atoms with Crippen molar-refractivity contribution in [1.29, 1.82) is 0 Å². The lowest BCUT2D eigenvalue weighted by molar-refractivity contribution is -0.123. The van der Waals surface area contributed by atoms with Gasteiger partial charge in [-0.05, 0) is 67.1 Å². The summed E-state index contributed by atoms with van der Waals surface area (Å²) in [5.41, 5.74) is 3.61. The molecule has 2 amide bonds. The molecule has 10 nitrogen and oxygen atoms in total. The second kappa shape index (κ2) is 14.0. The van der Waals surface area contributed by atoms with Crippen LogP contribution in [0.3, 0.4) is 0 Å². The monoisotopic (exact) mass is 507 g/mol. The highest BCUT2D eigenvalue weighted by atomic mass is 16.5. The number of para-hydroxylation sites is 2. The Morgan fingerprint density at radius 2 is 1.51 bits per heavy atom. The molecule has 194 valence electrons. The maximum Gasteiger partial charge on any atom is 0.277 e. The van der Waals surface area contributed by atoms with E-state index in [9.17, 15) is 9.59 Å². The zero-order chi connectivity index (χ0) is 26.5. The van der Waals surface area contributed by atoms with Crippen LogP contribution in [0.1, 0.15) is 12.5 Å². The summed E-state index contributed by atoms with van der Waals surface area (Å²) in [5.74, 6) is 1.84. The van der Waals surface area contributed by atoms with Crippen LogP contribution >= 0.6 is 0 Å². The molecule has 0 atom stereocenters. The highest BCUT2D eigenvalue weighted by Gasteiger charge is 2.11. The number of amides is 2. The van der Waals surface area contributed by atoms with Crippen molar-refractivity contribution in [3.63, 3.8) is 0 Å². The lowest BCUT2D eigenvalue weighted by atomic mass is 10.2. The lowest BCUT2D eigenvalue weighted by Crippen LogP contribution is -2.24. The quantitative estimate of drug-likeness (QED) is 0.268. The summed E-state index contributed by atoms with van der Waals surface area (Å²) < 4.78 is 27.0. The van der Waals surface area contributed by atoms with Gasteiger partial charge < -0.3 is 29.0 Å². The fourth-order valence-electron chi connectivity index (χ4n) is 3.10. The zero-order valence-corrected chi connectivity index (χ0v) is 20.9. The van der Waals surface area contributed by atoms with Crippen LogP contribution in [0.4, 0.5) is 5.69 Å². The molecule has 0 heterocycles. The third kappa shape index (κ3) is 8.46. The molecular weight excluding hydrogens is 478 g/mol. The van der Waals surface area contributed by atoms with Gasteiger partial charge in [0.1, 0.15) is 17.2 Å². The summed E-state index contributed by atoms with van der Waals surface area (Å²) in [6.07, 6.45) is 1.46. The van der Waals surface area contributed by atoms with Crippen molar-refractivity contribution in [2.24, 2.45) is 5.10 Å². The van der Waals surface area contributed by atoms with Crippen LogP contribution < -0.4 is 34.4 Å². The molecule has 0 aliphatic rings. The van der Waals surface area contributed by atoms with Gasteiger partial charge in [0.25, 0.3) is 11.8 Å². The normalized spacial score (nSPS) is 10.5. The average Bonchev–Trinajstić information content (AvgIpc) is 2.92. The number of carbonyl (C=O) groups is 2. The molecule has 37 heavy (non-hydrogen) atoms. The van der Waals surface area contributed by atoms with Crippen molar-refractivity contribution < 1.29 is 33.3 Å². The first-order valence-electron chi connectivity index (χ1n) is 11.4. The minimum atomic E-state index is -0.418. The molecule has 0 aromatic heterocycles. The SMILES string of the molecule is CCOc1cc(/C=N/NC(=O)COc2ccc(OC)cc2)ccc1OCC(=O)Nc1ccccc1OC. The number of hydrogen-bond acceptors (Lipinski definition) is 8. The van der Waals surface area contributed by atoms with E-state index < -0.39 is 5.91 Å². The Morgan fingerprint density at radius 1 is 0.784 bits per heavy atom. The van der Waals surface area contributed by atoms with E-state index in [2.05, 4.69) is 15.8 Å². The van der Waals surface area contributed by atoms with Gasteiger partial charge in [0, 0.05) is 0 Å². The van der Waals surface area contributed by atoms with Crippen molar-refractivity contribution in [2.75, 3.05) is 39.4 Å². The van der Waals surface area contributed by atoms with Gasteiger partial charge >= 0.3 is 0 Å². The smallest absolute Gasteiger partial charge is 0.277 e. The fraction of sp³-hybridized carbons (Fsp3) is 0.222. The maximum absolute atomic E-state index is 12.4. The third-order valence-electron chi connectivity index (χ3n) is 4.84. The Labute approximate surface area is 215 Å². The predicted octanol–water partition coefficient (Wildman–Crippen LogP) is 3.65. The van der Waals surface area contributed by atoms with Crippen molar-refractivity contribution in [2.45, 2.75) is 6.92 Å². The molecule has 3 aromatic carbocycles. The molecule has 0 aliphatic carbocycles. The Balaban J connectivity index is 1.52. The van der Waals surface area contributed by atoms with Crippen molar-refractivity contribution in [3.05, 3.63) is 72.3 Å². The van der Waals surface area contributed by atoms with E-state index in [4.69, 9.17) is 23.7 Å². The molecule has 0 bridgehead atoms. The summed E-state index contributed by atoms with van der Waals surface area (Å²) in [6, 6.07) is 19.1. The van der Waals surface area contributed by atoms with Gasteiger partial charge in [0.05, 0.1) is 32.7 Å². The van der Waals surface area contributed by atoms with E-state index in [1.54, 1.807) is 67.8 Å². The molecule has 0 radical (unpaired) electrons. The summed E-state index contributed by atoms with van der Waals surface area (Å²) >= 11 is 0. The molecule has 0 saturated heterocycles. The van der Waals surface area contributed by atoms with Crippen LogP contribution in [0.2, 0.25) is 0 Å². The van der Waals surface area contributed by atoms with Crippen LogP contribution in [0.25, 0.3) is 0 Å². The summed E-state index contributed by atoms with van der Waals surface area (Å²) in [5, 5.41) is 6.70. The zero-order valence-electron chi connectivity index (χ0n) is 20.9. The van der Waals surface area contributed by atoms with Crippen LogP contribution in [-0.2, 0) is 9.59 Å². The molecule has 0 spiro atoms. The number of carbonyl (C=O) groups excluding carboxylic acids is 2. The van der Waals surface area contributed by atoms with E-state index in [0.717, 1.165) is 0 Å². The summed E-state index contributed by atoms with van der Waals surface area (Å²) in [7, 11) is 3.10. The molecule has 0 aliphatic heterocycles. The molecule has 3 rings (SSSR count). The minimum absolute atomic E-state index is 0.197. The second-order valence-electron chi connectivity index (χ2n) is 7.43. The number of nitrogens with zero attached hydrogens (tertiary/aromatic N) is 1. The van der Waals surface area contributed by atoms with Gasteiger partial charge in [0.15, 0.2) is 24.7 Å². The molecular formula is C27H29N3O7. The molecule has 0 saturated carbocycles. The van der Waals surface area contributed by atoms with E-state index >= 15 is 0 Å². The largest absolute Gasteiger partial charge is 0.497 e. The van der Waals surface area contributed by atoms with E-state index in [1.165, 1.54) is 13.3 Å². The summed E-state index contributed by atoms with van der Waals surface area (Å²) in [4.78, 5) is 24.4. The number of ether oxygens (including phenoxy) is 5. The topological polar surface area (TPSA) is 117 Å². The van der Waals surface area contributed by atoms with Gasteiger partial charge in [-0.15, -0.1) is 0 Å². The second-order valence-corrected chi connectivity index (χ2v) is 7.43. The first-order valence-corrected chi connectivity index (χ1v) is 11.4. The molecule has 10 heteroatoms. The van der Waals surface area contributed by atoms with Gasteiger partial charge in [0.2, 0.25) is 0 Å².